The fourth-order valence-electron chi connectivity index (χ4n) is 7.01. The quantitative estimate of drug-likeness (QED) is 0.155. The van der Waals surface area contributed by atoms with Gasteiger partial charge < -0.3 is 14.2 Å². The summed E-state index contributed by atoms with van der Waals surface area (Å²) in [5, 5.41) is 2.18. The summed E-state index contributed by atoms with van der Waals surface area (Å²) in [5.74, 6) is 0. The summed E-state index contributed by atoms with van der Waals surface area (Å²) in [7, 11) is 0. The van der Waals surface area contributed by atoms with Crippen molar-refractivity contribution < 1.29 is 4.42 Å². The van der Waals surface area contributed by atoms with Gasteiger partial charge in [-0.1, -0.05) is 137 Å². The number of hydrogen-bond donors (Lipinski definition) is 0. The summed E-state index contributed by atoms with van der Waals surface area (Å²) in [6.45, 7) is 0. The molecule has 0 spiro atoms. The van der Waals surface area contributed by atoms with Gasteiger partial charge in [-0.25, -0.2) is 0 Å². The van der Waals surface area contributed by atoms with E-state index < -0.39 is 0 Å². The molecule has 8 aromatic carbocycles. The van der Waals surface area contributed by atoms with Gasteiger partial charge in [-0.3, -0.25) is 0 Å². The maximum Gasteiger partial charge on any atom is 0.135 e. The van der Waals surface area contributed by atoms with Crippen molar-refractivity contribution in [1.29, 1.82) is 0 Å². The highest BCUT2D eigenvalue weighted by Crippen LogP contribution is 2.44. The van der Waals surface area contributed by atoms with Crippen LogP contribution >= 0.6 is 15.9 Å². The van der Waals surface area contributed by atoms with E-state index in [1.807, 2.05) is 12.1 Å². The molecule has 0 N–H and O–H groups in total. The molecule has 0 radical (unpaired) electrons. The second-order valence-electron chi connectivity index (χ2n) is 12.8. The van der Waals surface area contributed by atoms with Crippen molar-refractivity contribution in [1.82, 2.24) is 0 Å². The molecule has 3 nitrogen and oxygen atoms in total. The molecule has 248 valence electrons. The monoisotopic (exact) mass is 732 g/mol. The summed E-state index contributed by atoms with van der Waals surface area (Å²) < 4.78 is 7.21. The standard InChI is InChI=1S/C48H33BrN2O/c49-38-30-43(50(39-16-8-3-9-17-39)40-24-20-36(21-25-40)34-12-4-1-5-13-34)32-44(31-38)51(41-26-22-37(23-27-41)35-14-6-2-7-15-35)42-28-29-48-46(33-42)45-18-10-11-19-47(45)52-48/h1-33H. The van der Waals surface area contributed by atoms with Crippen LogP contribution in [0.15, 0.2) is 209 Å². The van der Waals surface area contributed by atoms with Crippen LogP contribution in [0.4, 0.5) is 34.1 Å². The molecular formula is C48H33BrN2O. The van der Waals surface area contributed by atoms with E-state index in [0.29, 0.717) is 0 Å². The van der Waals surface area contributed by atoms with Gasteiger partial charge in [-0.05, 0) is 101 Å². The lowest BCUT2D eigenvalue weighted by atomic mass is 10.0. The van der Waals surface area contributed by atoms with Crippen LogP contribution in [0.25, 0.3) is 44.2 Å². The van der Waals surface area contributed by atoms with Crippen LogP contribution < -0.4 is 9.80 Å². The lowest BCUT2D eigenvalue weighted by Crippen LogP contribution is -2.13. The fourth-order valence-corrected chi connectivity index (χ4v) is 7.48. The first-order valence-electron chi connectivity index (χ1n) is 17.4. The third-order valence-corrected chi connectivity index (χ3v) is 9.94. The first-order chi connectivity index (χ1) is 25.7. The maximum absolute atomic E-state index is 6.23. The van der Waals surface area contributed by atoms with Crippen molar-refractivity contribution in [2.24, 2.45) is 0 Å². The van der Waals surface area contributed by atoms with Crippen LogP contribution in [-0.2, 0) is 0 Å². The minimum absolute atomic E-state index is 0.869. The van der Waals surface area contributed by atoms with Crippen molar-refractivity contribution in [3.63, 3.8) is 0 Å². The predicted molar refractivity (Wildman–Crippen MR) is 222 cm³/mol. The second kappa shape index (κ2) is 13.7. The van der Waals surface area contributed by atoms with E-state index >= 15 is 0 Å². The number of rotatable bonds is 8. The van der Waals surface area contributed by atoms with Gasteiger partial charge in [0.25, 0.3) is 0 Å². The van der Waals surface area contributed by atoms with E-state index in [2.05, 4.69) is 214 Å². The molecule has 0 saturated heterocycles. The average molecular weight is 734 g/mol. The number of furan rings is 1. The Bertz CT molecular complexity index is 2620. The molecule has 0 bridgehead atoms. The minimum atomic E-state index is 0.869. The fraction of sp³-hybridized carbons (Fsp3) is 0. The van der Waals surface area contributed by atoms with Gasteiger partial charge in [0.15, 0.2) is 0 Å². The minimum Gasteiger partial charge on any atom is -0.456 e. The number of anilines is 6. The van der Waals surface area contributed by atoms with Crippen molar-refractivity contribution in [3.8, 4) is 22.3 Å². The van der Waals surface area contributed by atoms with Gasteiger partial charge in [-0.15, -0.1) is 0 Å². The van der Waals surface area contributed by atoms with Crippen molar-refractivity contribution in [2.75, 3.05) is 9.80 Å². The highest BCUT2D eigenvalue weighted by atomic mass is 79.9. The Balaban J connectivity index is 1.20. The largest absolute Gasteiger partial charge is 0.456 e. The highest BCUT2D eigenvalue weighted by Gasteiger charge is 2.20. The molecule has 0 saturated carbocycles. The van der Waals surface area contributed by atoms with E-state index in [-0.39, 0.29) is 0 Å². The number of para-hydroxylation sites is 2. The van der Waals surface area contributed by atoms with Crippen LogP contribution in [0.5, 0.6) is 0 Å². The smallest absolute Gasteiger partial charge is 0.135 e. The summed E-state index contributed by atoms with van der Waals surface area (Å²) in [6.07, 6.45) is 0. The van der Waals surface area contributed by atoms with Gasteiger partial charge in [-0.2, -0.15) is 0 Å². The first-order valence-corrected chi connectivity index (χ1v) is 18.2. The van der Waals surface area contributed by atoms with Crippen LogP contribution in [0.2, 0.25) is 0 Å². The zero-order chi connectivity index (χ0) is 34.9. The molecular weight excluding hydrogens is 700 g/mol. The second-order valence-corrected chi connectivity index (χ2v) is 13.7. The van der Waals surface area contributed by atoms with Gasteiger partial charge in [0.2, 0.25) is 0 Å². The normalized spacial score (nSPS) is 11.2. The van der Waals surface area contributed by atoms with Crippen LogP contribution in [0.1, 0.15) is 0 Å². The molecule has 0 atom stereocenters. The third-order valence-electron chi connectivity index (χ3n) is 9.48. The lowest BCUT2D eigenvalue weighted by Gasteiger charge is -2.30. The zero-order valence-corrected chi connectivity index (χ0v) is 29.8. The Morgan fingerprint density at radius 1 is 0.308 bits per heavy atom. The van der Waals surface area contributed by atoms with Gasteiger partial charge in [0, 0.05) is 49.4 Å². The Labute approximate surface area is 311 Å². The summed E-state index contributed by atoms with van der Waals surface area (Å²) >= 11 is 3.92. The van der Waals surface area contributed by atoms with Crippen LogP contribution in [-0.4, -0.2) is 0 Å². The Hall–Kier alpha value is -6.36. The molecule has 52 heavy (non-hydrogen) atoms. The van der Waals surface area contributed by atoms with Crippen LogP contribution in [0, 0.1) is 0 Å². The number of hydrogen-bond acceptors (Lipinski definition) is 3. The first kappa shape index (κ1) is 31.6. The van der Waals surface area contributed by atoms with Gasteiger partial charge >= 0.3 is 0 Å². The SMILES string of the molecule is Brc1cc(N(c2ccccc2)c2ccc(-c3ccccc3)cc2)cc(N(c2ccc(-c3ccccc3)cc2)c2ccc3oc4ccccc4c3c2)c1. The zero-order valence-electron chi connectivity index (χ0n) is 28.2. The maximum atomic E-state index is 6.23. The molecule has 9 aromatic rings. The molecule has 0 aliphatic rings. The Morgan fingerprint density at radius 2 is 0.731 bits per heavy atom. The number of benzene rings is 8. The van der Waals surface area contributed by atoms with Crippen molar-refractivity contribution in [3.05, 3.63) is 205 Å². The van der Waals surface area contributed by atoms with E-state index in [0.717, 1.165) is 60.5 Å². The number of halogens is 1. The number of nitrogens with zero attached hydrogens (tertiary/aromatic N) is 2. The summed E-state index contributed by atoms with van der Waals surface area (Å²) in [6, 6.07) is 70.5. The molecule has 9 rings (SSSR count). The lowest BCUT2D eigenvalue weighted by molar-refractivity contribution is 0.669. The predicted octanol–water partition coefficient (Wildman–Crippen LogP) is 14.6. The number of fused-ring (bicyclic) bond motifs is 3. The average Bonchev–Trinajstić information content (AvgIpc) is 3.58. The van der Waals surface area contributed by atoms with Crippen LogP contribution in [0.3, 0.4) is 0 Å². The van der Waals surface area contributed by atoms with Crippen molar-refractivity contribution in [2.45, 2.75) is 0 Å². The Kier molecular flexibility index (Phi) is 8.36. The summed E-state index contributed by atoms with van der Waals surface area (Å²) in [5.41, 5.74) is 12.8. The topological polar surface area (TPSA) is 19.6 Å². The van der Waals surface area contributed by atoms with E-state index in [1.165, 1.54) is 22.3 Å². The summed E-state index contributed by atoms with van der Waals surface area (Å²) in [4.78, 5) is 4.64. The van der Waals surface area contributed by atoms with E-state index in [9.17, 15) is 0 Å². The van der Waals surface area contributed by atoms with E-state index in [1.54, 1.807) is 0 Å². The molecule has 0 amide bonds. The molecule has 1 heterocycles. The molecule has 0 unspecified atom stereocenters. The van der Waals surface area contributed by atoms with Gasteiger partial charge in [0.05, 0.1) is 0 Å². The highest BCUT2D eigenvalue weighted by molar-refractivity contribution is 9.10. The van der Waals surface area contributed by atoms with Crippen molar-refractivity contribution >= 4 is 72.0 Å². The molecule has 4 heteroatoms. The van der Waals surface area contributed by atoms with E-state index in [4.69, 9.17) is 4.42 Å². The third kappa shape index (κ3) is 6.14. The molecule has 0 fully saturated rings. The van der Waals surface area contributed by atoms with Gasteiger partial charge in [0.1, 0.15) is 11.2 Å². The molecule has 1 aromatic heterocycles. The molecule has 0 aliphatic heterocycles. The Morgan fingerprint density at radius 3 is 1.31 bits per heavy atom. The molecule has 0 aliphatic carbocycles.